The summed E-state index contributed by atoms with van der Waals surface area (Å²) in [4.78, 5) is 14.6. The molecule has 0 spiro atoms. The molecule has 0 amide bonds. The van der Waals surface area contributed by atoms with Gasteiger partial charge in [-0.15, -0.1) is 11.3 Å². The minimum absolute atomic E-state index is 0.0242. The number of hydrogen-bond donors (Lipinski definition) is 1. The Labute approximate surface area is 105 Å². The van der Waals surface area contributed by atoms with Crippen LogP contribution in [0, 0.1) is 0 Å². The molecule has 0 aliphatic heterocycles. The Kier molecular flexibility index (Phi) is 3.14. The lowest BCUT2D eigenvalue weighted by Gasteiger charge is -1.98. The van der Waals surface area contributed by atoms with Gasteiger partial charge in [-0.2, -0.15) is 0 Å². The fraction of sp³-hybridized carbons (Fsp3) is 0. The van der Waals surface area contributed by atoms with Gasteiger partial charge >= 0.3 is 5.97 Å². The van der Waals surface area contributed by atoms with E-state index in [1.54, 1.807) is 18.2 Å². The van der Waals surface area contributed by atoms with Gasteiger partial charge < -0.3 is 5.11 Å². The lowest BCUT2D eigenvalue weighted by molar-refractivity contribution is 0.0691. The van der Waals surface area contributed by atoms with Crippen LogP contribution in [0.25, 0.3) is 10.6 Å². The van der Waals surface area contributed by atoms with Crippen molar-refractivity contribution in [3.05, 3.63) is 39.3 Å². The Bertz CT molecular complexity index is 533. The minimum atomic E-state index is -1.05. The smallest absolute Gasteiger partial charge is 0.355 e. The number of carboxylic acid groups (broad SMARTS) is 1. The summed E-state index contributed by atoms with van der Waals surface area (Å²) in [6.45, 7) is 0. The molecule has 0 saturated heterocycles. The lowest BCUT2D eigenvalue weighted by Crippen LogP contribution is -1.95. The van der Waals surface area contributed by atoms with Gasteiger partial charge in [-0.3, -0.25) is 0 Å². The van der Waals surface area contributed by atoms with Crippen molar-refractivity contribution in [3.8, 4) is 10.6 Å². The topological polar surface area (TPSA) is 50.2 Å². The maximum Gasteiger partial charge on any atom is 0.355 e. The Morgan fingerprint density at radius 2 is 1.88 bits per heavy atom. The van der Waals surface area contributed by atoms with Gasteiger partial charge in [0, 0.05) is 21.0 Å². The molecule has 1 heterocycles. The van der Waals surface area contributed by atoms with Crippen molar-refractivity contribution in [3.63, 3.8) is 0 Å². The molecule has 0 fully saturated rings. The van der Waals surface area contributed by atoms with E-state index in [2.05, 4.69) is 4.98 Å². The number of thiazole rings is 1. The summed E-state index contributed by atoms with van der Waals surface area (Å²) in [5.74, 6) is -1.05. The van der Waals surface area contributed by atoms with Crippen molar-refractivity contribution in [2.75, 3.05) is 0 Å². The summed E-state index contributed by atoms with van der Waals surface area (Å²) in [7, 11) is 0. The van der Waals surface area contributed by atoms with Crippen LogP contribution in [0.3, 0.4) is 0 Å². The van der Waals surface area contributed by atoms with Crippen molar-refractivity contribution < 1.29 is 9.90 Å². The summed E-state index contributed by atoms with van der Waals surface area (Å²) in [5.41, 5.74) is 0.742. The van der Waals surface area contributed by atoms with E-state index < -0.39 is 5.97 Å². The van der Waals surface area contributed by atoms with Crippen LogP contribution in [0.2, 0.25) is 10.0 Å². The molecular weight excluding hydrogens is 269 g/mol. The third-order valence-corrected chi connectivity index (χ3v) is 3.16. The van der Waals surface area contributed by atoms with Crippen LogP contribution in [-0.2, 0) is 0 Å². The largest absolute Gasteiger partial charge is 0.476 e. The van der Waals surface area contributed by atoms with Crippen molar-refractivity contribution in [2.24, 2.45) is 0 Å². The fourth-order valence-corrected chi connectivity index (χ4v) is 2.49. The average molecular weight is 274 g/mol. The van der Waals surface area contributed by atoms with E-state index in [1.165, 1.54) is 16.7 Å². The number of aromatic nitrogens is 1. The highest BCUT2D eigenvalue weighted by Gasteiger charge is 2.10. The minimum Gasteiger partial charge on any atom is -0.476 e. The van der Waals surface area contributed by atoms with Crippen molar-refractivity contribution in [1.29, 1.82) is 0 Å². The molecule has 0 aliphatic carbocycles. The molecule has 0 aliphatic rings. The highest BCUT2D eigenvalue weighted by atomic mass is 35.5. The maximum absolute atomic E-state index is 10.7. The van der Waals surface area contributed by atoms with E-state index in [4.69, 9.17) is 28.3 Å². The summed E-state index contributed by atoms with van der Waals surface area (Å²) >= 11 is 12.9. The molecule has 3 nitrogen and oxygen atoms in total. The molecule has 1 N–H and O–H groups in total. The Balaban J connectivity index is 2.46. The van der Waals surface area contributed by atoms with Gasteiger partial charge in [-0.1, -0.05) is 23.2 Å². The van der Waals surface area contributed by atoms with Gasteiger partial charge in [0.25, 0.3) is 0 Å². The first-order chi connectivity index (χ1) is 7.56. The van der Waals surface area contributed by atoms with E-state index in [9.17, 15) is 4.79 Å². The number of benzene rings is 1. The molecule has 2 rings (SSSR count). The van der Waals surface area contributed by atoms with Crippen LogP contribution < -0.4 is 0 Å². The summed E-state index contributed by atoms with van der Waals surface area (Å²) in [6.07, 6.45) is 0. The highest BCUT2D eigenvalue weighted by Crippen LogP contribution is 2.29. The molecule has 82 valence electrons. The quantitative estimate of drug-likeness (QED) is 0.905. The van der Waals surface area contributed by atoms with Crippen molar-refractivity contribution >= 4 is 40.5 Å². The molecule has 2 aromatic rings. The normalized spacial score (nSPS) is 10.4. The van der Waals surface area contributed by atoms with E-state index >= 15 is 0 Å². The number of halogens is 2. The first-order valence-corrected chi connectivity index (χ1v) is 5.85. The third-order valence-electron chi connectivity index (χ3n) is 1.83. The van der Waals surface area contributed by atoms with E-state index in [-0.39, 0.29) is 5.69 Å². The van der Waals surface area contributed by atoms with Gasteiger partial charge in [-0.25, -0.2) is 9.78 Å². The average Bonchev–Trinajstić information content (AvgIpc) is 2.64. The summed E-state index contributed by atoms with van der Waals surface area (Å²) in [5, 5.41) is 11.8. The zero-order valence-electron chi connectivity index (χ0n) is 7.78. The molecule has 0 atom stereocenters. The van der Waals surface area contributed by atoms with Gasteiger partial charge in [0.15, 0.2) is 5.69 Å². The Hall–Kier alpha value is -1.10. The second kappa shape index (κ2) is 4.41. The Morgan fingerprint density at radius 3 is 2.38 bits per heavy atom. The Morgan fingerprint density at radius 1 is 1.25 bits per heavy atom. The molecule has 0 bridgehead atoms. The van der Waals surface area contributed by atoms with Gasteiger partial charge in [-0.05, 0) is 18.2 Å². The molecule has 6 heteroatoms. The van der Waals surface area contributed by atoms with E-state index in [0.717, 1.165) is 5.56 Å². The molecule has 1 aromatic heterocycles. The summed E-state index contributed by atoms with van der Waals surface area (Å²) in [6, 6.07) is 4.99. The number of rotatable bonds is 2. The first-order valence-electron chi connectivity index (χ1n) is 4.21. The summed E-state index contributed by atoms with van der Waals surface area (Å²) < 4.78 is 0. The van der Waals surface area contributed by atoms with Crippen LogP contribution >= 0.6 is 34.5 Å². The number of aromatic carboxylic acids is 1. The zero-order valence-corrected chi connectivity index (χ0v) is 10.1. The van der Waals surface area contributed by atoms with Gasteiger partial charge in [0.1, 0.15) is 5.01 Å². The standard InChI is InChI=1S/C10H5Cl2NO2S/c11-6-1-5(2-7(12)3-6)9-13-8(4-16-9)10(14)15/h1-4H,(H,14,15). The maximum atomic E-state index is 10.7. The number of hydrogen-bond acceptors (Lipinski definition) is 3. The molecule has 0 unspecified atom stereocenters. The fourth-order valence-electron chi connectivity index (χ4n) is 1.18. The SMILES string of the molecule is O=C(O)c1csc(-c2cc(Cl)cc(Cl)c2)n1. The first kappa shape index (κ1) is 11.4. The molecule has 0 radical (unpaired) electrons. The van der Waals surface area contributed by atoms with Gasteiger partial charge in [0.05, 0.1) is 0 Å². The third kappa shape index (κ3) is 2.35. The van der Waals surface area contributed by atoms with Crippen molar-refractivity contribution in [2.45, 2.75) is 0 Å². The number of nitrogens with zero attached hydrogens (tertiary/aromatic N) is 1. The second-order valence-electron chi connectivity index (χ2n) is 3.00. The van der Waals surface area contributed by atoms with Gasteiger partial charge in [0.2, 0.25) is 0 Å². The lowest BCUT2D eigenvalue weighted by atomic mass is 10.2. The van der Waals surface area contributed by atoms with Crippen LogP contribution in [0.15, 0.2) is 23.6 Å². The molecule has 16 heavy (non-hydrogen) atoms. The molecular formula is C10H5Cl2NO2S. The number of carbonyl (C=O) groups is 1. The highest BCUT2D eigenvalue weighted by molar-refractivity contribution is 7.13. The van der Waals surface area contributed by atoms with E-state index in [0.29, 0.717) is 15.1 Å². The monoisotopic (exact) mass is 273 g/mol. The van der Waals surface area contributed by atoms with Crippen LogP contribution in [0.4, 0.5) is 0 Å². The van der Waals surface area contributed by atoms with Crippen LogP contribution in [-0.4, -0.2) is 16.1 Å². The predicted octanol–water partition coefficient (Wildman–Crippen LogP) is 3.82. The van der Waals surface area contributed by atoms with E-state index in [1.807, 2.05) is 0 Å². The van der Waals surface area contributed by atoms with Crippen molar-refractivity contribution in [1.82, 2.24) is 4.98 Å². The predicted molar refractivity (Wildman–Crippen MR) is 64.5 cm³/mol. The second-order valence-corrected chi connectivity index (χ2v) is 4.73. The number of carboxylic acids is 1. The van der Waals surface area contributed by atoms with Crippen LogP contribution in [0.5, 0.6) is 0 Å². The zero-order chi connectivity index (χ0) is 11.7. The molecule has 0 saturated carbocycles. The molecule has 1 aromatic carbocycles. The van der Waals surface area contributed by atoms with Crippen LogP contribution in [0.1, 0.15) is 10.5 Å².